The predicted octanol–water partition coefficient (Wildman–Crippen LogP) is 5.34. The van der Waals surface area contributed by atoms with E-state index in [0.717, 1.165) is 17.8 Å². The third-order valence-electron chi connectivity index (χ3n) is 5.08. The summed E-state index contributed by atoms with van der Waals surface area (Å²) in [4.78, 5) is 0. The lowest BCUT2D eigenvalue weighted by Gasteiger charge is -2.31. The molecule has 2 atom stereocenters. The fraction of sp³-hybridized carbons (Fsp3) is 0.875. The Hall–Kier alpha value is -0.260. The van der Waals surface area contributed by atoms with Crippen molar-refractivity contribution in [2.75, 3.05) is 0 Å². The lowest BCUT2D eigenvalue weighted by molar-refractivity contribution is 0.229. The van der Waals surface area contributed by atoms with E-state index in [9.17, 15) is 0 Å². The molecule has 0 N–H and O–H groups in total. The summed E-state index contributed by atoms with van der Waals surface area (Å²) < 4.78 is 0. The van der Waals surface area contributed by atoms with Crippen LogP contribution in [0, 0.1) is 17.8 Å². The Labute approximate surface area is 102 Å². The summed E-state index contributed by atoms with van der Waals surface area (Å²) in [6.45, 7) is 6.77. The van der Waals surface area contributed by atoms with Crippen LogP contribution in [0.25, 0.3) is 0 Å². The highest BCUT2D eigenvalue weighted by atomic mass is 14.3. The Kier molecular flexibility index (Phi) is 4.49. The zero-order chi connectivity index (χ0) is 11.4. The van der Waals surface area contributed by atoms with Gasteiger partial charge in [-0.05, 0) is 37.0 Å². The second-order valence-electron chi connectivity index (χ2n) is 6.11. The fourth-order valence-electron chi connectivity index (χ4n) is 3.90. The maximum atomic E-state index is 4.32. The Balaban J connectivity index is 2.01. The molecule has 2 unspecified atom stereocenters. The second kappa shape index (κ2) is 5.89. The summed E-state index contributed by atoms with van der Waals surface area (Å²) in [7, 11) is 0. The van der Waals surface area contributed by atoms with Gasteiger partial charge in [-0.2, -0.15) is 0 Å². The maximum Gasteiger partial charge on any atom is -0.0203 e. The van der Waals surface area contributed by atoms with Crippen LogP contribution < -0.4 is 0 Å². The molecule has 0 aromatic rings. The van der Waals surface area contributed by atoms with Crippen molar-refractivity contribution in [2.24, 2.45) is 17.8 Å². The van der Waals surface area contributed by atoms with Crippen molar-refractivity contribution in [3.63, 3.8) is 0 Å². The molecule has 0 nitrogen and oxygen atoms in total. The van der Waals surface area contributed by atoms with Gasteiger partial charge in [0.15, 0.2) is 0 Å². The van der Waals surface area contributed by atoms with Gasteiger partial charge in [0.25, 0.3) is 0 Å². The average molecular weight is 220 g/mol. The monoisotopic (exact) mass is 220 g/mol. The van der Waals surface area contributed by atoms with Crippen LogP contribution in [0.1, 0.15) is 71.1 Å². The summed E-state index contributed by atoms with van der Waals surface area (Å²) in [6, 6.07) is 0. The molecule has 2 fully saturated rings. The first-order chi connectivity index (χ1) is 7.79. The van der Waals surface area contributed by atoms with Crippen molar-refractivity contribution in [1.29, 1.82) is 0 Å². The molecule has 2 aliphatic carbocycles. The normalized spacial score (nSPS) is 34.4. The van der Waals surface area contributed by atoms with Crippen LogP contribution in [0.4, 0.5) is 0 Å². The molecule has 0 radical (unpaired) electrons. The largest absolute Gasteiger partial charge is 0.0996 e. The van der Waals surface area contributed by atoms with Crippen molar-refractivity contribution in [1.82, 2.24) is 0 Å². The molecule has 2 aliphatic rings. The molecule has 2 rings (SSSR count). The van der Waals surface area contributed by atoms with E-state index in [2.05, 4.69) is 13.5 Å². The molecule has 0 spiro atoms. The van der Waals surface area contributed by atoms with E-state index in [0.29, 0.717) is 0 Å². The van der Waals surface area contributed by atoms with Gasteiger partial charge in [-0.15, -0.1) is 0 Å². The molecule has 0 heteroatoms. The minimum Gasteiger partial charge on any atom is -0.0996 e. The van der Waals surface area contributed by atoms with Gasteiger partial charge in [-0.25, -0.2) is 0 Å². The minimum absolute atomic E-state index is 0.797. The standard InChI is InChI=1S/C16H28/c1-13-9-7-8-12-16(14(13)2)15-10-5-3-4-6-11-15/h14-16H,1,3-12H2,2H3. The number of hydrogen-bond acceptors (Lipinski definition) is 0. The SMILES string of the molecule is C=C1CCCCC(C2CCCCCC2)C1C. The Morgan fingerprint density at radius 2 is 1.50 bits per heavy atom. The van der Waals surface area contributed by atoms with Crippen LogP contribution in [0.5, 0.6) is 0 Å². The van der Waals surface area contributed by atoms with Gasteiger partial charge in [-0.3, -0.25) is 0 Å². The zero-order valence-electron chi connectivity index (χ0n) is 11.0. The van der Waals surface area contributed by atoms with E-state index >= 15 is 0 Å². The van der Waals surface area contributed by atoms with Gasteiger partial charge in [0.1, 0.15) is 0 Å². The highest BCUT2D eigenvalue weighted by molar-refractivity contribution is 5.04. The first kappa shape index (κ1) is 12.2. The lowest BCUT2D eigenvalue weighted by Crippen LogP contribution is -2.21. The van der Waals surface area contributed by atoms with Crippen LogP contribution in [-0.2, 0) is 0 Å². The molecule has 0 aromatic heterocycles. The molecule has 0 saturated heterocycles. The molecular weight excluding hydrogens is 192 g/mol. The summed E-state index contributed by atoms with van der Waals surface area (Å²) in [5.74, 6) is 2.78. The smallest absolute Gasteiger partial charge is 0.0203 e. The molecule has 16 heavy (non-hydrogen) atoms. The van der Waals surface area contributed by atoms with Crippen molar-refractivity contribution < 1.29 is 0 Å². The Bertz CT molecular complexity index is 220. The molecular formula is C16H28. The molecule has 0 heterocycles. The van der Waals surface area contributed by atoms with Gasteiger partial charge >= 0.3 is 0 Å². The van der Waals surface area contributed by atoms with Crippen LogP contribution in [0.3, 0.4) is 0 Å². The van der Waals surface area contributed by atoms with Crippen LogP contribution in [0.15, 0.2) is 12.2 Å². The van der Waals surface area contributed by atoms with E-state index in [-0.39, 0.29) is 0 Å². The first-order valence-corrected chi connectivity index (χ1v) is 7.46. The highest BCUT2D eigenvalue weighted by Gasteiger charge is 2.29. The van der Waals surface area contributed by atoms with Crippen molar-refractivity contribution in [3.8, 4) is 0 Å². The van der Waals surface area contributed by atoms with Gasteiger partial charge in [-0.1, -0.05) is 64.0 Å². The maximum absolute atomic E-state index is 4.32. The molecule has 0 bridgehead atoms. The summed E-state index contributed by atoms with van der Waals surface area (Å²) in [5, 5.41) is 0. The molecule has 92 valence electrons. The van der Waals surface area contributed by atoms with Crippen molar-refractivity contribution in [3.05, 3.63) is 12.2 Å². The fourth-order valence-corrected chi connectivity index (χ4v) is 3.90. The van der Waals surface area contributed by atoms with Crippen molar-refractivity contribution in [2.45, 2.75) is 71.1 Å². The van der Waals surface area contributed by atoms with E-state index in [1.807, 2.05) is 0 Å². The van der Waals surface area contributed by atoms with E-state index in [4.69, 9.17) is 0 Å². The number of allylic oxidation sites excluding steroid dienone is 1. The van der Waals surface area contributed by atoms with Crippen LogP contribution in [0.2, 0.25) is 0 Å². The number of hydrogen-bond donors (Lipinski definition) is 0. The molecule has 0 aromatic carbocycles. The summed E-state index contributed by atoms with van der Waals surface area (Å²) in [5.41, 5.74) is 1.55. The highest BCUT2D eigenvalue weighted by Crippen LogP contribution is 2.41. The van der Waals surface area contributed by atoms with E-state index in [1.54, 1.807) is 5.57 Å². The second-order valence-corrected chi connectivity index (χ2v) is 6.11. The lowest BCUT2D eigenvalue weighted by atomic mass is 9.75. The summed E-state index contributed by atoms with van der Waals surface area (Å²) >= 11 is 0. The van der Waals surface area contributed by atoms with Gasteiger partial charge in [0.2, 0.25) is 0 Å². The third kappa shape index (κ3) is 2.90. The number of rotatable bonds is 1. The summed E-state index contributed by atoms with van der Waals surface area (Å²) in [6.07, 6.45) is 14.6. The quantitative estimate of drug-likeness (QED) is 0.413. The zero-order valence-corrected chi connectivity index (χ0v) is 11.0. The van der Waals surface area contributed by atoms with Crippen molar-refractivity contribution >= 4 is 0 Å². The molecule has 0 aliphatic heterocycles. The predicted molar refractivity (Wildman–Crippen MR) is 71.5 cm³/mol. The molecule has 0 amide bonds. The van der Waals surface area contributed by atoms with Crippen LogP contribution in [-0.4, -0.2) is 0 Å². The first-order valence-electron chi connectivity index (χ1n) is 7.46. The molecule has 2 saturated carbocycles. The average Bonchev–Trinajstić information content (AvgIpc) is 2.63. The van der Waals surface area contributed by atoms with E-state index < -0.39 is 0 Å². The third-order valence-corrected chi connectivity index (χ3v) is 5.08. The van der Waals surface area contributed by atoms with Gasteiger partial charge < -0.3 is 0 Å². The minimum atomic E-state index is 0.797. The Morgan fingerprint density at radius 1 is 0.875 bits per heavy atom. The Morgan fingerprint density at radius 3 is 2.19 bits per heavy atom. The topological polar surface area (TPSA) is 0 Å². The van der Waals surface area contributed by atoms with Crippen LogP contribution >= 0.6 is 0 Å². The van der Waals surface area contributed by atoms with E-state index in [1.165, 1.54) is 64.2 Å². The van der Waals surface area contributed by atoms with Gasteiger partial charge in [0, 0.05) is 0 Å². The van der Waals surface area contributed by atoms with Gasteiger partial charge in [0.05, 0.1) is 0 Å².